The van der Waals surface area contributed by atoms with E-state index in [0.29, 0.717) is 12.0 Å². The molecule has 0 saturated heterocycles. The van der Waals surface area contributed by atoms with E-state index in [9.17, 15) is 0 Å². The molecule has 1 aromatic carbocycles. The van der Waals surface area contributed by atoms with Crippen molar-refractivity contribution in [3.8, 4) is 5.75 Å². The SMILES string of the molecule is CCCOc1cc(C)c(CCCC(N)C(C)C)c(C)c1. The predicted molar refractivity (Wildman–Crippen MR) is 87.5 cm³/mol. The molecule has 114 valence electrons. The second-order valence-corrected chi connectivity index (χ2v) is 6.18. The van der Waals surface area contributed by atoms with Crippen LogP contribution in [0, 0.1) is 19.8 Å². The highest BCUT2D eigenvalue weighted by atomic mass is 16.5. The number of nitrogens with two attached hydrogens (primary N) is 1. The largest absolute Gasteiger partial charge is 0.494 e. The maximum absolute atomic E-state index is 6.12. The van der Waals surface area contributed by atoms with Crippen LogP contribution in [-0.4, -0.2) is 12.6 Å². The highest BCUT2D eigenvalue weighted by Gasteiger charge is 2.10. The van der Waals surface area contributed by atoms with Gasteiger partial charge in [0.2, 0.25) is 0 Å². The van der Waals surface area contributed by atoms with E-state index in [1.165, 1.54) is 16.7 Å². The maximum Gasteiger partial charge on any atom is 0.119 e. The van der Waals surface area contributed by atoms with Gasteiger partial charge in [-0.2, -0.15) is 0 Å². The van der Waals surface area contributed by atoms with E-state index in [2.05, 4.69) is 46.8 Å². The van der Waals surface area contributed by atoms with E-state index < -0.39 is 0 Å². The summed E-state index contributed by atoms with van der Waals surface area (Å²) in [5.41, 5.74) is 10.3. The summed E-state index contributed by atoms with van der Waals surface area (Å²) in [5, 5.41) is 0. The van der Waals surface area contributed by atoms with Crippen molar-refractivity contribution in [1.29, 1.82) is 0 Å². The van der Waals surface area contributed by atoms with Crippen LogP contribution in [0.3, 0.4) is 0 Å². The Balaban J connectivity index is 2.62. The molecule has 2 heteroatoms. The van der Waals surface area contributed by atoms with Gasteiger partial charge in [0.1, 0.15) is 5.75 Å². The molecule has 1 atom stereocenters. The Bertz CT molecular complexity index is 389. The summed E-state index contributed by atoms with van der Waals surface area (Å²) >= 11 is 0. The molecule has 2 nitrogen and oxygen atoms in total. The van der Waals surface area contributed by atoms with Gasteiger partial charge >= 0.3 is 0 Å². The molecule has 20 heavy (non-hydrogen) atoms. The Labute approximate surface area is 124 Å². The third kappa shape index (κ3) is 5.16. The number of ether oxygens (including phenoxy) is 1. The molecule has 1 unspecified atom stereocenters. The Morgan fingerprint density at radius 2 is 1.75 bits per heavy atom. The van der Waals surface area contributed by atoms with Crippen LogP contribution < -0.4 is 10.5 Å². The van der Waals surface area contributed by atoms with Gasteiger partial charge < -0.3 is 10.5 Å². The topological polar surface area (TPSA) is 35.2 Å². The summed E-state index contributed by atoms with van der Waals surface area (Å²) < 4.78 is 5.73. The maximum atomic E-state index is 6.12. The fraction of sp³-hybridized carbons (Fsp3) is 0.667. The lowest BCUT2D eigenvalue weighted by Gasteiger charge is -2.17. The smallest absolute Gasteiger partial charge is 0.119 e. The van der Waals surface area contributed by atoms with Crippen LogP contribution in [0.1, 0.15) is 56.7 Å². The minimum absolute atomic E-state index is 0.322. The molecule has 0 aliphatic rings. The van der Waals surface area contributed by atoms with Crippen molar-refractivity contribution < 1.29 is 4.74 Å². The quantitative estimate of drug-likeness (QED) is 0.764. The number of benzene rings is 1. The van der Waals surface area contributed by atoms with Crippen molar-refractivity contribution in [3.63, 3.8) is 0 Å². The Kier molecular flexibility index (Phi) is 7.08. The molecule has 1 aromatic rings. The molecular formula is C18H31NO. The lowest BCUT2D eigenvalue weighted by atomic mass is 9.94. The Hall–Kier alpha value is -1.02. The first kappa shape index (κ1) is 17.0. The third-order valence-electron chi connectivity index (χ3n) is 3.96. The lowest BCUT2D eigenvalue weighted by Crippen LogP contribution is -2.26. The van der Waals surface area contributed by atoms with E-state index in [1.807, 2.05) is 0 Å². The third-order valence-corrected chi connectivity index (χ3v) is 3.96. The van der Waals surface area contributed by atoms with Crippen LogP contribution in [0.25, 0.3) is 0 Å². The van der Waals surface area contributed by atoms with Crippen molar-refractivity contribution in [2.75, 3.05) is 6.61 Å². The Morgan fingerprint density at radius 1 is 1.15 bits per heavy atom. The highest BCUT2D eigenvalue weighted by Crippen LogP contribution is 2.24. The summed E-state index contributed by atoms with van der Waals surface area (Å²) in [7, 11) is 0. The summed E-state index contributed by atoms with van der Waals surface area (Å²) in [4.78, 5) is 0. The van der Waals surface area contributed by atoms with Gasteiger partial charge in [-0.25, -0.2) is 0 Å². The van der Waals surface area contributed by atoms with Crippen molar-refractivity contribution >= 4 is 0 Å². The van der Waals surface area contributed by atoms with Gasteiger partial charge in [-0.3, -0.25) is 0 Å². The van der Waals surface area contributed by atoms with Crippen molar-refractivity contribution in [1.82, 2.24) is 0 Å². The molecule has 0 aliphatic heterocycles. The van der Waals surface area contributed by atoms with Gasteiger partial charge in [-0.15, -0.1) is 0 Å². The number of hydrogen-bond donors (Lipinski definition) is 1. The van der Waals surface area contributed by atoms with Crippen LogP contribution in [0.5, 0.6) is 5.75 Å². The summed E-state index contributed by atoms with van der Waals surface area (Å²) in [6, 6.07) is 4.66. The first-order valence-corrected chi connectivity index (χ1v) is 7.94. The van der Waals surface area contributed by atoms with E-state index in [-0.39, 0.29) is 0 Å². The zero-order valence-electron chi connectivity index (χ0n) is 13.8. The average molecular weight is 277 g/mol. The van der Waals surface area contributed by atoms with E-state index in [4.69, 9.17) is 10.5 Å². The van der Waals surface area contributed by atoms with Crippen LogP contribution in [-0.2, 0) is 6.42 Å². The van der Waals surface area contributed by atoms with Crippen molar-refractivity contribution in [2.45, 2.75) is 66.3 Å². The van der Waals surface area contributed by atoms with Gasteiger partial charge in [0.25, 0.3) is 0 Å². The molecular weight excluding hydrogens is 246 g/mol. The zero-order valence-corrected chi connectivity index (χ0v) is 13.8. The highest BCUT2D eigenvalue weighted by molar-refractivity contribution is 5.41. The first-order chi connectivity index (χ1) is 9.45. The van der Waals surface area contributed by atoms with Gasteiger partial charge in [0.15, 0.2) is 0 Å². The minimum Gasteiger partial charge on any atom is -0.494 e. The fourth-order valence-corrected chi connectivity index (χ4v) is 2.50. The molecule has 0 amide bonds. The standard InChI is InChI=1S/C18H31NO/c1-6-10-20-16-11-14(4)17(15(5)12-16)8-7-9-18(19)13(2)3/h11-13,18H,6-10,19H2,1-5H3. The molecule has 0 heterocycles. The minimum atomic E-state index is 0.322. The van der Waals surface area contributed by atoms with Crippen molar-refractivity contribution in [3.05, 3.63) is 28.8 Å². The van der Waals surface area contributed by atoms with Crippen LogP contribution in [0.4, 0.5) is 0 Å². The summed E-state index contributed by atoms with van der Waals surface area (Å²) in [6.07, 6.45) is 4.43. The molecule has 0 radical (unpaired) electrons. The number of rotatable bonds is 8. The van der Waals surface area contributed by atoms with E-state index >= 15 is 0 Å². The summed E-state index contributed by atoms with van der Waals surface area (Å²) in [5.74, 6) is 1.58. The van der Waals surface area contributed by atoms with Crippen LogP contribution >= 0.6 is 0 Å². The number of hydrogen-bond acceptors (Lipinski definition) is 2. The normalized spacial score (nSPS) is 12.8. The van der Waals surface area contributed by atoms with Crippen molar-refractivity contribution in [2.24, 2.45) is 11.7 Å². The molecule has 0 fully saturated rings. The Morgan fingerprint density at radius 3 is 2.25 bits per heavy atom. The predicted octanol–water partition coefficient (Wildman–Crippen LogP) is 4.40. The monoisotopic (exact) mass is 277 g/mol. The second kappa shape index (κ2) is 8.31. The van der Waals surface area contributed by atoms with E-state index in [1.54, 1.807) is 0 Å². The zero-order chi connectivity index (χ0) is 15.1. The summed E-state index contributed by atoms with van der Waals surface area (Å²) in [6.45, 7) is 11.7. The first-order valence-electron chi connectivity index (χ1n) is 7.94. The average Bonchev–Trinajstić information content (AvgIpc) is 2.39. The molecule has 0 spiro atoms. The van der Waals surface area contributed by atoms with Gasteiger partial charge in [-0.05, 0) is 74.3 Å². The second-order valence-electron chi connectivity index (χ2n) is 6.18. The molecule has 0 bridgehead atoms. The molecule has 0 aliphatic carbocycles. The number of aryl methyl sites for hydroxylation is 2. The molecule has 2 N–H and O–H groups in total. The van der Waals surface area contributed by atoms with Gasteiger partial charge in [-0.1, -0.05) is 20.8 Å². The molecule has 0 aromatic heterocycles. The fourth-order valence-electron chi connectivity index (χ4n) is 2.50. The lowest BCUT2D eigenvalue weighted by molar-refractivity contribution is 0.317. The molecule has 0 saturated carbocycles. The van der Waals surface area contributed by atoms with Gasteiger partial charge in [0, 0.05) is 6.04 Å². The van der Waals surface area contributed by atoms with Crippen LogP contribution in [0.2, 0.25) is 0 Å². The molecule has 1 rings (SSSR count). The van der Waals surface area contributed by atoms with E-state index in [0.717, 1.165) is 38.0 Å². The van der Waals surface area contributed by atoms with Crippen LogP contribution in [0.15, 0.2) is 12.1 Å². The van der Waals surface area contributed by atoms with Gasteiger partial charge in [0.05, 0.1) is 6.61 Å².